The van der Waals surface area contributed by atoms with Gasteiger partial charge in [0.05, 0.1) is 0 Å². The Kier molecular flexibility index (Phi) is 3.06. The number of hydrogen-bond donors (Lipinski definition) is 1. The van der Waals surface area contributed by atoms with Crippen LogP contribution in [0.5, 0.6) is 0 Å². The van der Waals surface area contributed by atoms with Gasteiger partial charge in [-0.2, -0.15) is 5.10 Å². The van der Waals surface area contributed by atoms with Crippen molar-refractivity contribution in [1.82, 2.24) is 19.7 Å². The summed E-state index contributed by atoms with van der Waals surface area (Å²) < 4.78 is 1.44. The molecule has 0 aliphatic heterocycles. The SMILES string of the molecule is CCc1nc(Cl)cc(-n2ccc(C(N)=O)n2)n1. The zero-order valence-corrected chi connectivity index (χ0v) is 9.85. The van der Waals surface area contributed by atoms with Crippen molar-refractivity contribution >= 4 is 17.5 Å². The first-order valence-electron chi connectivity index (χ1n) is 4.99. The number of nitrogens with two attached hydrogens (primary N) is 1. The first-order valence-corrected chi connectivity index (χ1v) is 5.37. The van der Waals surface area contributed by atoms with E-state index in [1.807, 2.05) is 6.92 Å². The number of carbonyl (C=O) groups excluding carboxylic acids is 1. The van der Waals surface area contributed by atoms with Gasteiger partial charge in [-0.3, -0.25) is 4.79 Å². The normalized spacial score (nSPS) is 10.5. The molecule has 2 rings (SSSR count). The van der Waals surface area contributed by atoms with Gasteiger partial charge in [0.1, 0.15) is 16.7 Å². The smallest absolute Gasteiger partial charge is 0.269 e. The van der Waals surface area contributed by atoms with Crippen LogP contribution in [0.15, 0.2) is 18.3 Å². The van der Waals surface area contributed by atoms with E-state index in [9.17, 15) is 4.79 Å². The van der Waals surface area contributed by atoms with Gasteiger partial charge >= 0.3 is 0 Å². The van der Waals surface area contributed by atoms with Crippen LogP contribution in [0.2, 0.25) is 5.15 Å². The molecule has 0 atom stereocenters. The van der Waals surface area contributed by atoms with Gasteiger partial charge in [-0.25, -0.2) is 14.6 Å². The van der Waals surface area contributed by atoms with E-state index in [1.54, 1.807) is 12.3 Å². The quantitative estimate of drug-likeness (QED) is 0.824. The highest BCUT2D eigenvalue weighted by Crippen LogP contribution is 2.11. The van der Waals surface area contributed by atoms with Crippen molar-refractivity contribution in [3.05, 3.63) is 35.0 Å². The lowest BCUT2D eigenvalue weighted by Crippen LogP contribution is -2.12. The van der Waals surface area contributed by atoms with E-state index < -0.39 is 5.91 Å². The van der Waals surface area contributed by atoms with Crippen LogP contribution < -0.4 is 5.73 Å². The number of amides is 1. The van der Waals surface area contributed by atoms with Crippen molar-refractivity contribution in [2.45, 2.75) is 13.3 Å². The second kappa shape index (κ2) is 4.50. The summed E-state index contributed by atoms with van der Waals surface area (Å²) in [6, 6.07) is 3.09. The van der Waals surface area contributed by atoms with E-state index in [-0.39, 0.29) is 5.69 Å². The van der Waals surface area contributed by atoms with Gasteiger partial charge in [0.2, 0.25) is 0 Å². The first-order chi connectivity index (χ1) is 8.10. The average molecular weight is 252 g/mol. The standard InChI is InChI=1S/C10H10ClN5O/c1-2-8-13-7(11)5-9(14-8)16-4-3-6(15-16)10(12)17/h3-5H,2H2,1H3,(H2,12,17). The van der Waals surface area contributed by atoms with Crippen molar-refractivity contribution in [2.24, 2.45) is 5.73 Å². The first kappa shape index (κ1) is 11.5. The minimum Gasteiger partial charge on any atom is -0.364 e. The molecule has 0 aliphatic carbocycles. The van der Waals surface area contributed by atoms with Crippen LogP contribution in [0, 0.1) is 0 Å². The number of aromatic nitrogens is 4. The molecule has 1 amide bonds. The van der Waals surface area contributed by atoms with Crippen LogP contribution in [0.1, 0.15) is 23.2 Å². The summed E-state index contributed by atoms with van der Waals surface area (Å²) in [5, 5.41) is 4.33. The van der Waals surface area contributed by atoms with Crippen LogP contribution in [0.4, 0.5) is 0 Å². The van der Waals surface area contributed by atoms with Gasteiger partial charge in [0.15, 0.2) is 5.82 Å². The Morgan fingerprint density at radius 2 is 2.29 bits per heavy atom. The number of primary amides is 1. The summed E-state index contributed by atoms with van der Waals surface area (Å²) in [7, 11) is 0. The summed E-state index contributed by atoms with van der Waals surface area (Å²) >= 11 is 5.86. The molecule has 0 radical (unpaired) electrons. The molecule has 2 aromatic heterocycles. The number of nitrogens with zero attached hydrogens (tertiary/aromatic N) is 4. The number of halogens is 1. The molecule has 0 bridgehead atoms. The van der Waals surface area contributed by atoms with E-state index in [4.69, 9.17) is 17.3 Å². The highest BCUT2D eigenvalue weighted by Gasteiger charge is 2.08. The highest BCUT2D eigenvalue weighted by atomic mass is 35.5. The maximum Gasteiger partial charge on any atom is 0.269 e. The van der Waals surface area contributed by atoms with Gasteiger partial charge in [0, 0.05) is 18.7 Å². The molecule has 7 heteroatoms. The summed E-state index contributed by atoms with van der Waals surface area (Å²) in [6.45, 7) is 1.92. The minimum absolute atomic E-state index is 0.179. The summed E-state index contributed by atoms with van der Waals surface area (Å²) in [5.41, 5.74) is 5.30. The molecule has 2 aromatic rings. The number of aryl methyl sites for hydroxylation is 1. The Labute approximate surface area is 102 Å². The highest BCUT2D eigenvalue weighted by molar-refractivity contribution is 6.29. The van der Waals surface area contributed by atoms with Gasteiger partial charge in [0.25, 0.3) is 5.91 Å². The third-order valence-corrected chi connectivity index (χ3v) is 2.31. The summed E-state index contributed by atoms with van der Waals surface area (Å²) in [4.78, 5) is 19.2. The summed E-state index contributed by atoms with van der Waals surface area (Å²) in [6.07, 6.45) is 2.26. The Morgan fingerprint density at radius 3 is 2.88 bits per heavy atom. The van der Waals surface area contributed by atoms with Gasteiger partial charge < -0.3 is 5.73 Å². The van der Waals surface area contributed by atoms with Crippen LogP contribution >= 0.6 is 11.6 Å². The van der Waals surface area contributed by atoms with E-state index in [2.05, 4.69) is 15.1 Å². The zero-order chi connectivity index (χ0) is 12.4. The second-order valence-corrected chi connectivity index (χ2v) is 3.72. The molecule has 17 heavy (non-hydrogen) atoms. The van der Waals surface area contributed by atoms with Crippen molar-refractivity contribution < 1.29 is 4.79 Å². The number of carbonyl (C=O) groups is 1. The third kappa shape index (κ3) is 2.42. The molecule has 0 fully saturated rings. The van der Waals surface area contributed by atoms with Gasteiger partial charge in [-0.15, -0.1) is 0 Å². The van der Waals surface area contributed by atoms with Crippen LogP contribution in [0.3, 0.4) is 0 Å². The second-order valence-electron chi connectivity index (χ2n) is 3.33. The lowest BCUT2D eigenvalue weighted by molar-refractivity contribution is 0.0995. The molecular weight excluding hydrogens is 242 g/mol. The number of rotatable bonds is 3. The molecule has 2 N–H and O–H groups in total. The van der Waals surface area contributed by atoms with Crippen molar-refractivity contribution in [2.75, 3.05) is 0 Å². The Morgan fingerprint density at radius 1 is 1.53 bits per heavy atom. The van der Waals surface area contributed by atoms with Crippen LogP contribution in [-0.4, -0.2) is 25.7 Å². The molecule has 0 aliphatic rings. The zero-order valence-electron chi connectivity index (χ0n) is 9.09. The molecule has 6 nitrogen and oxygen atoms in total. The fourth-order valence-electron chi connectivity index (χ4n) is 1.31. The maximum atomic E-state index is 10.9. The third-order valence-electron chi connectivity index (χ3n) is 2.12. The van der Waals surface area contributed by atoms with Crippen molar-refractivity contribution in [1.29, 1.82) is 0 Å². The number of hydrogen-bond acceptors (Lipinski definition) is 4. The minimum atomic E-state index is -0.584. The maximum absolute atomic E-state index is 10.9. The Hall–Kier alpha value is -1.95. The monoisotopic (exact) mass is 251 g/mol. The Bertz CT molecular complexity index is 566. The topological polar surface area (TPSA) is 86.7 Å². The van der Waals surface area contributed by atoms with E-state index >= 15 is 0 Å². The molecule has 0 saturated carbocycles. The largest absolute Gasteiger partial charge is 0.364 e. The average Bonchev–Trinajstić information content (AvgIpc) is 2.77. The molecule has 0 unspecified atom stereocenters. The van der Waals surface area contributed by atoms with Crippen LogP contribution in [0.25, 0.3) is 5.82 Å². The Balaban J connectivity index is 2.44. The van der Waals surface area contributed by atoms with E-state index in [0.29, 0.717) is 23.2 Å². The van der Waals surface area contributed by atoms with E-state index in [1.165, 1.54) is 10.7 Å². The molecule has 0 spiro atoms. The fraction of sp³-hybridized carbons (Fsp3) is 0.200. The summed E-state index contributed by atoms with van der Waals surface area (Å²) in [5.74, 6) is 0.539. The molecular formula is C10H10ClN5O. The van der Waals surface area contributed by atoms with Crippen LogP contribution in [-0.2, 0) is 6.42 Å². The van der Waals surface area contributed by atoms with Crippen molar-refractivity contribution in [3.8, 4) is 5.82 Å². The van der Waals surface area contributed by atoms with E-state index in [0.717, 1.165) is 0 Å². The lowest BCUT2D eigenvalue weighted by Gasteiger charge is -2.03. The van der Waals surface area contributed by atoms with Gasteiger partial charge in [-0.05, 0) is 6.07 Å². The molecule has 88 valence electrons. The van der Waals surface area contributed by atoms with Crippen molar-refractivity contribution in [3.63, 3.8) is 0 Å². The lowest BCUT2D eigenvalue weighted by atomic mass is 10.4. The predicted molar refractivity (Wildman–Crippen MR) is 62.1 cm³/mol. The molecule has 2 heterocycles. The molecule has 0 aromatic carbocycles. The molecule has 0 saturated heterocycles. The predicted octanol–water partition coefficient (Wildman–Crippen LogP) is 0.977. The van der Waals surface area contributed by atoms with Gasteiger partial charge in [-0.1, -0.05) is 18.5 Å². The fourth-order valence-corrected chi connectivity index (χ4v) is 1.51.